The molecule has 3 aliphatic rings. The van der Waals surface area contributed by atoms with Crippen molar-refractivity contribution in [1.82, 2.24) is 30.9 Å². The smallest absolute Gasteiger partial charge is 0.419 e. The van der Waals surface area contributed by atoms with E-state index in [4.69, 9.17) is 26.1 Å². The molecule has 0 radical (unpaired) electrons. The van der Waals surface area contributed by atoms with Gasteiger partial charge in [-0.25, -0.2) is 4.98 Å². The van der Waals surface area contributed by atoms with Crippen molar-refractivity contribution in [2.45, 2.75) is 75.4 Å². The Labute approximate surface area is 314 Å². The molecule has 2 fully saturated rings. The van der Waals surface area contributed by atoms with E-state index in [-0.39, 0.29) is 35.8 Å². The Bertz CT molecular complexity index is 2100. The number of ether oxygens (including phenoxy) is 2. The lowest BCUT2D eigenvalue weighted by atomic mass is 9.98. The summed E-state index contributed by atoms with van der Waals surface area (Å²) >= 11 is 7.05. The third-order valence-electron chi connectivity index (χ3n) is 10.3. The van der Waals surface area contributed by atoms with Gasteiger partial charge >= 0.3 is 12.1 Å². The van der Waals surface area contributed by atoms with E-state index < -0.39 is 29.3 Å². The third kappa shape index (κ3) is 7.52. The summed E-state index contributed by atoms with van der Waals surface area (Å²) in [4.78, 5) is 36.8. The van der Waals surface area contributed by atoms with Gasteiger partial charge in [0.05, 0.1) is 42.2 Å². The number of aliphatic carboxylic acids is 1. The Hall–Kier alpha value is -4.99. The molecule has 54 heavy (non-hydrogen) atoms. The fourth-order valence-electron chi connectivity index (χ4n) is 7.19. The van der Waals surface area contributed by atoms with Gasteiger partial charge in [0.15, 0.2) is 0 Å². The van der Waals surface area contributed by atoms with Gasteiger partial charge in [0.2, 0.25) is 17.7 Å². The molecule has 1 aliphatic heterocycles. The van der Waals surface area contributed by atoms with Crippen molar-refractivity contribution in [3.63, 3.8) is 0 Å². The number of benzene rings is 1. The van der Waals surface area contributed by atoms with Crippen LogP contribution in [0.3, 0.4) is 0 Å². The Morgan fingerprint density at radius 1 is 1.02 bits per heavy atom. The molecule has 4 aromatic rings. The van der Waals surface area contributed by atoms with Gasteiger partial charge in [-0.3, -0.25) is 19.9 Å². The number of carboxylic acid groups (broad SMARTS) is 1. The molecule has 284 valence electrons. The second-order valence-electron chi connectivity index (χ2n) is 13.7. The number of carboxylic acids is 1. The molecule has 0 spiro atoms. The van der Waals surface area contributed by atoms with Crippen LogP contribution in [0.1, 0.15) is 66.0 Å². The zero-order valence-electron chi connectivity index (χ0n) is 29.6. The van der Waals surface area contributed by atoms with Crippen molar-refractivity contribution in [2.75, 3.05) is 26.1 Å². The van der Waals surface area contributed by atoms with Crippen LogP contribution < -0.4 is 30.7 Å². The minimum atomic E-state index is -4.75. The normalized spacial score (nSPS) is 18.6. The number of pyridine rings is 3. The number of alkyl halides is 3. The molecule has 12 nitrogen and oxygen atoms in total. The van der Waals surface area contributed by atoms with Crippen LogP contribution in [0.4, 0.5) is 19.0 Å². The highest BCUT2D eigenvalue weighted by molar-refractivity contribution is 6.35. The fraction of sp³-hybridized carbons (Fsp3) is 0.395. The van der Waals surface area contributed by atoms with Crippen LogP contribution in [0.25, 0.3) is 22.5 Å². The first-order valence-electron chi connectivity index (χ1n) is 17.6. The standard InChI is InChI=1S/C38H39ClF3N7O5/c1-53-34-20(17-43-19-22-7-11-30(50)46-22)6-9-29(48-34)26-12-15-44-32(31(26)39)25-5-3-4-24-23(25)8-10-28(24)47-33-27(38(40,41)42)16-21(35(49-33)54-2)18-45-37(13-14-37)36(51)52/h3-6,9,12,15-16,22,28,43,45H,7-8,10-11,13-14,17-19H2,1-2H3,(H,46,50)(H,47,49)(H,51,52)/t22-,28-/m0/s1. The number of amides is 1. The highest BCUT2D eigenvalue weighted by Crippen LogP contribution is 2.45. The van der Waals surface area contributed by atoms with Crippen molar-refractivity contribution in [3.8, 4) is 34.3 Å². The van der Waals surface area contributed by atoms with Gasteiger partial charge in [-0.1, -0.05) is 35.9 Å². The molecular weight excluding hydrogens is 727 g/mol. The highest BCUT2D eigenvalue weighted by atomic mass is 35.5. The van der Waals surface area contributed by atoms with E-state index in [1.807, 2.05) is 30.3 Å². The first-order chi connectivity index (χ1) is 25.9. The lowest BCUT2D eigenvalue weighted by molar-refractivity contribution is -0.141. The molecule has 0 bridgehead atoms. The monoisotopic (exact) mass is 765 g/mol. The summed E-state index contributed by atoms with van der Waals surface area (Å²) in [7, 11) is 2.86. The summed E-state index contributed by atoms with van der Waals surface area (Å²) < 4.78 is 54.4. The minimum Gasteiger partial charge on any atom is -0.481 e. The fourth-order valence-corrected chi connectivity index (χ4v) is 7.50. The maximum Gasteiger partial charge on any atom is 0.419 e. The van der Waals surface area contributed by atoms with E-state index >= 15 is 0 Å². The maximum atomic E-state index is 14.5. The Morgan fingerprint density at radius 2 is 1.80 bits per heavy atom. The summed E-state index contributed by atoms with van der Waals surface area (Å²) in [5.41, 5.74) is 2.99. The predicted octanol–water partition coefficient (Wildman–Crippen LogP) is 6.07. The van der Waals surface area contributed by atoms with E-state index in [2.05, 4.69) is 31.2 Å². The molecule has 5 N–H and O–H groups in total. The first kappa shape index (κ1) is 37.3. The van der Waals surface area contributed by atoms with Crippen molar-refractivity contribution in [3.05, 3.63) is 81.5 Å². The van der Waals surface area contributed by atoms with Gasteiger partial charge in [0.1, 0.15) is 11.4 Å². The number of nitrogens with one attached hydrogen (secondary N) is 4. The number of methoxy groups -OCH3 is 2. The number of nitrogens with zero attached hydrogens (tertiary/aromatic N) is 3. The number of halogens is 4. The largest absolute Gasteiger partial charge is 0.481 e. The maximum absolute atomic E-state index is 14.5. The summed E-state index contributed by atoms with van der Waals surface area (Å²) in [6.07, 6.45) is 0.0245. The Morgan fingerprint density at radius 3 is 2.48 bits per heavy atom. The van der Waals surface area contributed by atoms with Gasteiger partial charge in [0.25, 0.3) is 0 Å². The van der Waals surface area contributed by atoms with Crippen molar-refractivity contribution < 1.29 is 37.3 Å². The van der Waals surface area contributed by atoms with Crippen LogP contribution in [-0.2, 0) is 35.3 Å². The first-order valence-corrected chi connectivity index (χ1v) is 18.0. The lowest BCUT2D eigenvalue weighted by Gasteiger charge is -2.22. The van der Waals surface area contributed by atoms with Gasteiger partial charge < -0.3 is 30.5 Å². The summed E-state index contributed by atoms with van der Waals surface area (Å²) in [5, 5.41) is 22.1. The topological polar surface area (TPSA) is 160 Å². The summed E-state index contributed by atoms with van der Waals surface area (Å²) in [6, 6.07) is 11.7. The molecule has 1 saturated carbocycles. The SMILES string of the molecule is COc1nc(-c2ccnc(-c3cccc4c3CC[C@@H]4Nc3nc(OC)c(CNC4(C(=O)O)CC4)cc3C(F)(F)F)c2Cl)ccc1CNC[C@@H]1CCC(=O)N1. The van der Waals surface area contributed by atoms with Crippen LogP contribution >= 0.6 is 11.6 Å². The number of fused-ring (bicyclic) bond motifs is 1. The molecule has 2 atom stereocenters. The number of rotatable bonds is 14. The van der Waals surface area contributed by atoms with Crippen molar-refractivity contribution in [1.29, 1.82) is 0 Å². The lowest BCUT2D eigenvalue weighted by Crippen LogP contribution is -2.38. The van der Waals surface area contributed by atoms with Gasteiger partial charge in [-0.2, -0.15) is 18.2 Å². The van der Waals surface area contributed by atoms with Crippen LogP contribution in [0.15, 0.2) is 48.7 Å². The molecule has 1 saturated heterocycles. The average molecular weight is 766 g/mol. The van der Waals surface area contributed by atoms with Gasteiger partial charge in [-0.15, -0.1) is 0 Å². The van der Waals surface area contributed by atoms with Crippen LogP contribution in [0, 0.1) is 0 Å². The third-order valence-corrected chi connectivity index (χ3v) is 10.6. The highest BCUT2D eigenvalue weighted by Gasteiger charge is 2.50. The Kier molecular flexibility index (Phi) is 10.4. The summed E-state index contributed by atoms with van der Waals surface area (Å²) in [6.45, 7) is 0.966. The number of carbonyl (C=O) groups excluding carboxylic acids is 1. The van der Waals surface area contributed by atoms with E-state index in [9.17, 15) is 27.9 Å². The Balaban J connectivity index is 1.13. The molecule has 0 unspecified atom stereocenters. The van der Waals surface area contributed by atoms with Gasteiger partial charge in [0, 0.05) is 60.5 Å². The van der Waals surface area contributed by atoms with Crippen LogP contribution in [0.5, 0.6) is 11.8 Å². The zero-order chi connectivity index (χ0) is 38.2. The van der Waals surface area contributed by atoms with Crippen LogP contribution in [0.2, 0.25) is 5.02 Å². The second-order valence-corrected chi connectivity index (χ2v) is 14.1. The van der Waals surface area contributed by atoms with Crippen LogP contribution in [-0.4, -0.2) is 64.3 Å². The summed E-state index contributed by atoms with van der Waals surface area (Å²) in [5.74, 6) is -0.970. The van der Waals surface area contributed by atoms with E-state index in [1.165, 1.54) is 7.11 Å². The van der Waals surface area contributed by atoms with Gasteiger partial charge in [-0.05, 0) is 61.4 Å². The predicted molar refractivity (Wildman–Crippen MR) is 194 cm³/mol. The number of hydrogen-bond donors (Lipinski definition) is 5. The van der Waals surface area contributed by atoms with E-state index in [0.29, 0.717) is 73.0 Å². The quantitative estimate of drug-likeness (QED) is 0.101. The molecule has 4 heterocycles. The van der Waals surface area contributed by atoms with Crippen molar-refractivity contribution in [2.24, 2.45) is 0 Å². The zero-order valence-corrected chi connectivity index (χ0v) is 30.3. The number of hydrogen-bond acceptors (Lipinski definition) is 10. The number of aromatic nitrogens is 3. The minimum absolute atomic E-state index is 0.0347. The number of carbonyl (C=O) groups is 2. The average Bonchev–Trinajstić information content (AvgIpc) is 3.68. The molecule has 16 heteroatoms. The van der Waals surface area contributed by atoms with E-state index in [1.54, 1.807) is 19.4 Å². The molecule has 1 amide bonds. The molecule has 3 aromatic heterocycles. The molecule has 7 rings (SSSR count). The van der Waals surface area contributed by atoms with Crippen molar-refractivity contribution >= 4 is 29.3 Å². The van der Waals surface area contributed by atoms with E-state index in [0.717, 1.165) is 34.7 Å². The molecule has 2 aliphatic carbocycles. The number of anilines is 1. The molecule has 1 aromatic carbocycles. The molecular formula is C38H39ClF3N7O5. The second kappa shape index (κ2) is 15.0.